The maximum Gasteiger partial charge on any atom is 1.00 e. The number of hydrogen-bond donors (Lipinski definition) is 0. The second-order valence-corrected chi connectivity index (χ2v) is 8.62. The van der Waals surface area contributed by atoms with Crippen LogP contribution in [-0.4, -0.2) is 49.1 Å². The molecule has 0 spiro atoms. The van der Waals surface area contributed by atoms with Crippen molar-refractivity contribution in [3.63, 3.8) is 0 Å². The average Bonchev–Trinajstić information content (AvgIpc) is 2.68. The molecule has 216 valence electrons. The van der Waals surface area contributed by atoms with Crippen LogP contribution in [0.4, 0.5) is 83.4 Å². The fraction of sp³-hybridized carbons (Fsp3) is 0.571. The normalized spacial score (nSPS) is 15.8. The topological polar surface area (TPSA) is 40.1 Å². The molecule has 0 amide bonds. The van der Waals surface area contributed by atoms with Gasteiger partial charge in [0, 0.05) is 16.6 Å². The van der Waals surface area contributed by atoms with Gasteiger partial charge in [0.15, 0.2) is 0 Å². The van der Waals surface area contributed by atoms with Gasteiger partial charge in [0.05, 0.1) is 4.90 Å². The van der Waals surface area contributed by atoms with Gasteiger partial charge in [-0.2, -0.15) is 74.6 Å². The third-order valence-corrected chi connectivity index (χ3v) is 5.98. The molecule has 0 aliphatic carbocycles. The molecule has 0 fully saturated rings. The van der Waals surface area contributed by atoms with Crippen molar-refractivity contribution in [3.8, 4) is 0 Å². The summed E-state index contributed by atoms with van der Waals surface area (Å²) < 4.78 is 271. The number of rotatable bonds is 9. The minimum absolute atomic E-state index is 0. The SMILES string of the molecule is O=S([O-])C(F)(F)C(F)(F)Sc1c(F)cc(C(F)(F)C(F)(F)C(F)(F)C(F)(F)C(F)(F)C(F)(F)F)cc1F.[Li+]. The van der Waals surface area contributed by atoms with E-state index >= 15 is 0 Å². The molecule has 0 aromatic heterocycles. The summed E-state index contributed by atoms with van der Waals surface area (Å²) >= 11 is -7.08. The number of hydrogen-bond acceptors (Lipinski definition) is 3. The number of alkyl halides is 17. The van der Waals surface area contributed by atoms with E-state index in [0.717, 1.165) is 0 Å². The third-order valence-electron chi connectivity index (χ3n) is 4.07. The Kier molecular flexibility index (Phi) is 10.1. The summed E-state index contributed by atoms with van der Waals surface area (Å²) in [6.07, 6.45) is -7.73. The van der Waals surface area contributed by atoms with E-state index < -0.39 is 103 Å². The number of benzene rings is 1. The zero-order chi connectivity index (χ0) is 30.0. The van der Waals surface area contributed by atoms with E-state index in [-0.39, 0.29) is 18.9 Å². The van der Waals surface area contributed by atoms with Crippen LogP contribution in [0.15, 0.2) is 17.0 Å². The standard InChI is InChI=1S/C14H3F19O2S2.Li/c15-4-1-3(2-5(16)6(4)36-13(30,31)14(32,33)37(34)35)7(17,18)8(19,20)9(21,22)10(23,24)11(25,26)12(27,28)29;/h1-2H,(H,34,35);/q;+1/p-1. The molecular weight excluding hydrogens is 632 g/mol. The zero-order valence-electron chi connectivity index (χ0n) is 17.0. The average molecular weight is 634 g/mol. The molecule has 0 bridgehead atoms. The second-order valence-electron chi connectivity index (χ2n) is 6.51. The van der Waals surface area contributed by atoms with Crippen LogP contribution in [0.3, 0.4) is 0 Å². The molecule has 2 nitrogen and oxygen atoms in total. The van der Waals surface area contributed by atoms with Gasteiger partial charge in [0.2, 0.25) is 0 Å². The molecule has 1 aromatic carbocycles. The molecule has 1 aromatic rings. The maximum absolute atomic E-state index is 14.0. The first kappa shape index (κ1) is 36.9. The van der Waals surface area contributed by atoms with E-state index in [1.54, 1.807) is 0 Å². The Morgan fingerprint density at radius 2 is 0.974 bits per heavy atom. The van der Waals surface area contributed by atoms with Crippen molar-refractivity contribution in [3.05, 3.63) is 29.3 Å². The maximum atomic E-state index is 14.0. The third kappa shape index (κ3) is 5.45. The van der Waals surface area contributed by atoms with E-state index in [9.17, 15) is 92.2 Å². The van der Waals surface area contributed by atoms with Crippen molar-refractivity contribution < 1.29 is 111 Å². The summed E-state index contributed by atoms with van der Waals surface area (Å²) in [6, 6.07) is -2.70. The Labute approximate surface area is 214 Å². The van der Waals surface area contributed by atoms with Gasteiger partial charge in [-0.3, -0.25) is 4.21 Å². The van der Waals surface area contributed by atoms with Gasteiger partial charge in [0.25, 0.3) is 0 Å². The molecule has 38 heavy (non-hydrogen) atoms. The summed E-state index contributed by atoms with van der Waals surface area (Å²) in [4.78, 5) is -2.56. The van der Waals surface area contributed by atoms with Crippen molar-refractivity contribution in [2.45, 2.75) is 51.2 Å². The Balaban J connectivity index is 0.0000137. The van der Waals surface area contributed by atoms with Crippen LogP contribution >= 0.6 is 11.8 Å². The summed E-state index contributed by atoms with van der Waals surface area (Å²) in [7, 11) is 0. The van der Waals surface area contributed by atoms with E-state index in [0.29, 0.717) is 0 Å². The Bertz CT molecular complexity index is 1030. The minimum Gasteiger partial charge on any atom is -0.768 e. The van der Waals surface area contributed by atoms with Crippen molar-refractivity contribution >= 4 is 22.8 Å². The first-order valence-electron chi connectivity index (χ1n) is 7.94. The summed E-state index contributed by atoms with van der Waals surface area (Å²) in [5.41, 5.74) is -3.26. The van der Waals surface area contributed by atoms with Crippen molar-refractivity contribution in [1.82, 2.24) is 0 Å². The van der Waals surface area contributed by atoms with Gasteiger partial charge < -0.3 is 4.55 Å². The molecule has 1 atom stereocenters. The van der Waals surface area contributed by atoms with Gasteiger partial charge >= 0.3 is 65.2 Å². The monoisotopic (exact) mass is 634 g/mol. The molecule has 0 aliphatic heterocycles. The Morgan fingerprint density at radius 1 is 0.632 bits per heavy atom. The van der Waals surface area contributed by atoms with Crippen LogP contribution in [0.2, 0.25) is 0 Å². The number of halogens is 19. The first-order valence-corrected chi connectivity index (χ1v) is 9.83. The van der Waals surface area contributed by atoms with Gasteiger partial charge in [-0.05, 0) is 23.9 Å². The predicted molar refractivity (Wildman–Crippen MR) is 80.8 cm³/mol. The summed E-state index contributed by atoms with van der Waals surface area (Å²) in [6.45, 7) is 0. The van der Waals surface area contributed by atoms with Crippen LogP contribution < -0.4 is 18.9 Å². The van der Waals surface area contributed by atoms with Gasteiger partial charge in [-0.15, -0.1) is 0 Å². The van der Waals surface area contributed by atoms with Crippen LogP contribution in [0, 0.1) is 11.6 Å². The summed E-state index contributed by atoms with van der Waals surface area (Å²) in [5, 5.41) is -12.2. The quantitative estimate of drug-likeness (QED) is 0.176. The second kappa shape index (κ2) is 10.4. The molecule has 0 radical (unpaired) electrons. The van der Waals surface area contributed by atoms with Gasteiger partial charge in [-0.25, -0.2) is 8.78 Å². The van der Waals surface area contributed by atoms with Crippen LogP contribution in [0.25, 0.3) is 0 Å². The molecule has 0 saturated heterocycles. The van der Waals surface area contributed by atoms with E-state index in [1.807, 2.05) is 0 Å². The van der Waals surface area contributed by atoms with E-state index in [2.05, 4.69) is 0 Å². The fourth-order valence-electron chi connectivity index (χ4n) is 2.07. The molecule has 1 unspecified atom stereocenters. The van der Waals surface area contributed by atoms with E-state index in [4.69, 9.17) is 0 Å². The molecule has 0 aliphatic rings. The predicted octanol–water partition coefficient (Wildman–Crippen LogP) is 4.32. The molecule has 0 heterocycles. The van der Waals surface area contributed by atoms with Crippen molar-refractivity contribution in [2.75, 3.05) is 0 Å². The molecule has 1 rings (SSSR count). The minimum atomic E-state index is -8.35. The van der Waals surface area contributed by atoms with Crippen LogP contribution in [0.5, 0.6) is 0 Å². The van der Waals surface area contributed by atoms with Crippen molar-refractivity contribution in [2.24, 2.45) is 0 Å². The van der Waals surface area contributed by atoms with E-state index in [1.165, 1.54) is 0 Å². The molecular formula is C14H2F19LiO2S2. The van der Waals surface area contributed by atoms with Crippen LogP contribution in [-0.2, 0) is 17.0 Å². The number of thioether (sulfide) groups is 1. The van der Waals surface area contributed by atoms with Gasteiger partial charge in [0.1, 0.15) is 11.6 Å². The smallest absolute Gasteiger partial charge is 0.768 e. The molecule has 24 heteroatoms. The van der Waals surface area contributed by atoms with Crippen LogP contribution in [0.1, 0.15) is 5.56 Å². The largest absolute Gasteiger partial charge is 1.00 e. The molecule has 0 N–H and O–H groups in total. The van der Waals surface area contributed by atoms with Gasteiger partial charge in [-0.1, -0.05) is 0 Å². The molecule has 0 saturated carbocycles. The Morgan fingerprint density at radius 3 is 1.29 bits per heavy atom. The fourth-order valence-corrected chi connectivity index (χ4v) is 3.29. The summed E-state index contributed by atoms with van der Waals surface area (Å²) in [5.74, 6) is -46.1. The first-order chi connectivity index (χ1) is 15.9. The van der Waals surface area contributed by atoms with Crippen molar-refractivity contribution in [1.29, 1.82) is 0 Å². The Hall–Kier alpha value is -1.05. The zero-order valence-corrected chi connectivity index (χ0v) is 18.6.